The molecule has 0 amide bonds. The van der Waals surface area contributed by atoms with Gasteiger partial charge < -0.3 is 11.1 Å². The molecule has 0 spiro atoms. The lowest BCUT2D eigenvalue weighted by Gasteiger charge is -2.11. The van der Waals surface area contributed by atoms with Crippen molar-refractivity contribution in [2.75, 3.05) is 18.4 Å². The van der Waals surface area contributed by atoms with Crippen LogP contribution in [0.25, 0.3) is 11.3 Å². The molecule has 1 aromatic heterocycles. The molecule has 1 heterocycles. The van der Waals surface area contributed by atoms with E-state index in [1.807, 2.05) is 0 Å². The molecule has 0 unspecified atom stereocenters. The number of nitrogens with zero attached hydrogens (tertiary/aromatic N) is 2. The van der Waals surface area contributed by atoms with Gasteiger partial charge in [-0.25, -0.2) is 14.4 Å². The predicted molar refractivity (Wildman–Crippen MR) is 70.0 cm³/mol. The quantitative estimate of drug-likeness (QED) is 0.852. The van der Waals surface area contributed by atoms with Gasteiger partial charge in [0, 0.05) is 18.7 Å². The molecule has 4 nitrogen and oxygen atoms in total. The Morgan fingerprint density at radius 2 is 1.76 bits per heavy atom. The molecular formula is C13H12F4N4. The zero-order valence-electron chi connectivity index (χ0n) is 10.8. The highest BCUT2D eigenvalue weighted by atomic mass is 19.4. The number of hydrogen-bond donors (Lipinski definition) is 2. The van der Waals surface area contributed by atoms with Crippen LogP contribution in [-0.4, -0.2) is 23.1 Å². The van der Waals surface area contributed by atoms with E-state index in [1.165, 1.54) is 12.1 Å². The molecule has 0 saturated heterocycles. The molecule has 3 N–H and O–H groups in total. The molecule has 0 atom stereocenters. The number of nitrogens with one attached hydrogen (secondary N) is 1. The van der Waals surface area contributed by atoms with Gasteiger partial charge in [0.05, 0.1) is 5.69 Å². The second-order valence-electron chi connectivity index (χ2n) is 4.18. The van der Waals surface area contributed by atoms with Crippen LogP contribution >= 0.6 is 0 Å². The van der Waals surface area contributed by atoms with Gasteiger partial charge in [0.2, 0.25) is 5.95 Å². The summed E-state index contributed by atoms with van der Waals surface area (Å²) in [6.45, 7) is 0.468. The standard InChI is InChI=1S/C13H12F4N4/c14-9-3-1-8(2-4-9)10-7-11(13(15,16)17)21-12(20-10)19-6-5-18/h1-4,7H,5-6,18H2,(H,19,20,21). The van der Waals surface area contributed by atoms with E-state index in [4.69, 9.17) is 5.73 Å². The van der Waals surface area contributed by atoms with Crippen LogP contribution in [0.1, 0.15) is 5.69 Å². The Balaban J connectivity index is 2.46. The topological polar surface area (TPSA) is 63.8 Å². The second-order valence-corrected chi connectivity index (χ2v) is 4.18. The Morgan fingerprint density at radius 1 is 1.10 bits per heavy atom. The van der Waals surface area contributed by atoms with Crippen molar-refractivity contribution in [2.24, 2.45) is 5.73 Å². The maximum absolute atomic E-state index is 12.9. The maximum atomic E-state index is 12.9. The molecule has 112 valence electrons. The number of alkyl halides is 3. The molecule has 1 aromatic carbocycles. The SMILES string of the molecule is NCCNc1nc(-c2ccc(F)cc2)cc(C(F)(F)F)n1. The Hall–Kier alpha value is -2.22. The van der Waals surface area contributed by atoms with Gasteiger partial charge in [-0.15, -0.1) is 0 Å². The number of aromatic nitrogens is 2. The third kappa shape index (κ3) is 3.88. The first-order valence-corrected chi connectivity index (χ1v) is 6.06. The summed E-state index contributed by atoms with van der Waals surface area (Å²) < 4.78 is 51.4. The van der Waals surface area contributed by atoms with Crippen molar-refractivity contribution < 1.29 is 17.6 Å². The van der Waals surface area contributed by atoms with Gasteiger partial charge in [0.25, 0.3) is 0 Å². The van der Waals surface area contributed by atoms with Crippen LogP contribution in [0.15, 0.2) is 30.3 Å². The average molecular weight is 300 g/mol. The normalized spacial score (nSPS) is 11.5. The van der Waals surface area contributed by atoms with E-state index in [2.05, 4.69) is 15.3 Å². The highest BCUT2D eigenvalue weighted by Gasteiger charge is 2.33. The fourth-order valence-corrected chi connectivity index (χ4v) is 1.62. The van der Waals surface area contributed by atoms with Gasteiger partial charge >= 0.3 is 6.18 Å². The van der Waals surface area contributed by atoms with Crippen molar-refractivity contribution in [1.29, 1.82) is 0 Å². The highest BCUT2D eigenvalue weighted by Crippen LogP contribution is 2.31. The van der Waals surface area contributed by atoms with Crippen LogP contribution in [-0.2, 0) is 6.18 Å². The zero-order valence-corrected chi connectivity index (χ0v) is 10.8. The minimum atomic E-state index is -4.60. The molecule has 21 heavy (non-hydrogen) atoms. The molecule has 2 rings (SSSR count). The Morgan fingerprint density at radius 3 is 2.33 bits per heavy atom. The summed E-state index contributed by atoms with van der Waals surface area (Å²) >= 11 is 0. The van der Waals surface area contributed by atoms with Crippen molar-refractivity contribution in [3.05, 3.63) is 41.8 Å². The summed E-state index contributed by atoms with van der Waals surface area (Å²) in [5.41, 5.74) is 4.63. The summed E-state index contributed by atoms with van der Waals surface area (Å²) in [7, 11) is 0. The summed E-state index contributed by atoms with van der Waals surface area (Å²) in [4.78, 5) is 7.39. The minimum Gasteiger partial charge on any atom is -0.353 e. The summed E-state index contributed by atoms with van der Waals surface area (Å²) in [6, 6.07) is 5.82. The monoisotopic (exact) mass is 300 g/mol. The molecule has 0 aliphatic carbocycles. The molecule has 0 aliphatic heterocycles. The molecule has 2 aromatic rings. The molecular weight excluding hydrogens is 288 g/mol. The van der Waals surface area contributed by atoms with E-state index in [1.54, 1.807) is 0 Å². The smallest absolute Gasteiger partial charge is 0.353 e. The van der Waals surface area contributed by atoms with Gasteiger partial charge in [-0.1, -0.05) is 0 Å². The van der Waals surface area contributed by atoms with Gasteiger partial charge in [-0.2, -0.15) is 13.2 Å². The van der Waals surface area contributed by atoms with Crippen molar-refractivity contribution in [3.63, 3.8) is 0 Å². The minimum absolute atomic E-state index is 0.0526. The van der Waals surface area contributed by atoms with E-state index >= 15 is 0 Å². The second kappa shape index (κ2) is 6.04. The summed E-state index contributed by atoms with van der Waals surface area (Å²) in [5.74, 6) is -0.653. The molecule has 0 saturated carbocycles. The lowest BCUT2D eigenvalue weighted by molar-refractivity contribution is -0.141. The third-order valence-electron chi connectivity index (χ3n) is 2.58. The number of halogens is 4. The van der Waals surface area contributed by atoms with Crippen molar-refractivity contribution >= 4 is 5.95 Å². The number of rotatable bonds is 4. The average Bonchev–Trinajstić information content (AvgIpc) is 2.44. The maximum Gasteiger partial charge on any atom is 0.433 e. The number of hydrogen-bond acceptors (Lipinski definition) is 4. The van der Waals surface area contributed by atoms with E-state index in [0.717, 1.165) is 18.2 Å². The van der Waals surface area contributed by atoms with Gasteiger partial charge in [0.1, 0.15) is 5.82 Å². The molecule has 0 radical (unpaired) electrons. The van der Waals surface area contributed by atoms with Crippen LogP contribution in [0, 0.1) is 5.82 Å². The number of anilines is 1. The first-order valence-electron chi connectivity index (χ1n) is 6.06. The van der Waals surface area contributed by atoms with E-state index in [9.17, 15) is 17.6 Å². The Kier molecular flexibility index (Phi) is 4.37. The van der Waals surface area contributed by atoms with Crippen molar-refractivity contribution in [1.82, 2.24) is 9.97 Å². The molecule has 8 heteroatoms. The molecule has 0 fully saturated rings. The lowest BCUT2D eigenvalue weighted by Crippen LogP contribution is -2.17. The van der Waals surface area contributed by atoms with Crippen LogP contribution in [0.3, 0.4) is 0 Å². The first kappa shape index (κ1) is 15.2. The zero-order chi connectivity index (χ0) is 15.5. The van der Waals surface area contributed by atoms with Crippen molar-refractivity contribution in [3.8, 4) is 11.3 Å². The van der Waals surface area contributed by atoms with Crippen LogP contribution in [0.2, 0.25) is 0 Å². The van der Waals surface area contributed by atoms with E-state index < -0.39 is 17.7 Å². The van der Waals surface area contributed by atoms with Gasteiger partial charge in [0.15, 0.2) is 5.69 Å². The van der Waals surface area contributed by atoms with Crippen LogP contribution in [0.5, 0.6) is 0 Å². The van der Waals surface area contributed by atoms with E-state index in [0.29, 0.717) is 5.56 Å². The Labute approximate surface area is 118 Å². The first-order chi connectivity index (χ1) is 9.90. The third-order valence-corrected chi connectivity index (χ3v) is 2.58. The largest absolute Gasteiger partial charge is 0.433 e. The fourth-order valence-electron chi connectivity index (χ4n) is 1.62. The number of benzene rings is 1. The highest BCUT2D eigenvalue weighted by molar-refractivity contribution is 5.61. The fraction of sp³-hybridized carbons (Fsp3) is 0.231. The molecule has 0 bridgehead atoms. The van der Waals surface area contributed by atoms with Gasteiger partial charge in [-0.3, -0.25) is 0 Å². The van der Waals surface area contributed by atoms with Crippen LogP contribution < -0.4 is 11.1 Å². The van der Waals surface area contributed by atoms with Gasteiger partial charge in [-0.05, 0) is 30.3 Å². The summed E-state index contributed by atoms with van der Waals surface area (Å²) in [5, 5.41) is 2.61. The predicted octanol–water partition coefficient (Wildman–Crippen LogP) is 2.67. The number of nitrogens with two attached hydrogens (primary N) is 1. The van der Waals surface area contributed by atoms with Crippen LogP contribution in [0.4, 0.5) is 23.5 Å². The van der Waals surface area contributed by atoms with Crippen molar-refractivity contribution in [2.45, 2.75) is 6.18 Å². The van der Waals surface area contributed by atoms with E-state index in [-0.39, 0.29) is 24.7 Å². The summed E-state index contributed by atoms with van der Waals surface area (Å²) in [6.07, 6.45) is -4.60. The molecule has 0 aliphatic rings. The Bertz CT molecular complexity index is 611. The lowest BCUT2D eigenvalue weighted by atomic mass is 10.1.